The van der Waals surface area contributed by atoms with Gasteiger partial charge in [0.15, 0.2) is 0 Å². The van der Waals surface area contributed by atoms with E-state index < -0.39 is 0 Å². The largest absolute Gasteiger partial charge is 0.444 e. The first-order valence-electron chi connectivity index (χ1n) is 8.68. The molecule has 0 unspecified atom stereocenters. The van der Waals surface area contributed by atoms with Crippen LogP contribution in [0.1, 0.15) is 5.82 Å². The second-order valence-corrected chi connectivity index (χ2v) is 6.18. The number of nitrogens with one attached hydrogen (secondary N) is 1. The van der Waals surface area contributed by atoms with Gasteiger partial charge in [-0.15, -0.1) is 0 Å². The summed E-state index contributed by atoms with van der Waals surface area (Å²) in [7, 11) is 0. The molecule has 2 aromatic carbocycles. The maximum absolute atomic E-state index is 5.44. The molecule has 136 valence electrons. The average Bonchev–Trinajstić information content (AvgIpc) is 3.40. The van der Waals surface area contributed by atoms with Crippen molar-refractivity contribution in [3.8, 4) is 17.1 Å². The third kappa shape index (κ3) is 2.96. The lowest BCUT2D eigenvalue weighted by molar-refractivity contribution is 0.575. The molecular formula is C20H15N7O. The summed E-state index contributed by atoms with van der Waals surface area (Å²) in [4.78, 5) is 17.4. The average molecular weight is 369 g/mol. The Morgan fingerprint density at radius 3 is 2.64 bits per heavy atom. The van der Waals surface area contributed by atoms with Crippen molar-refractivity contribution in [3.05, 3.63) is 73.3 Å². The first-order valence-corrected chi connectivity index (χ1v) is 8.68. The Kier molecular flexibility index (Phi) is 3.79. The number of rotatable bonds is 4. The molecule has 0 atom stereocenters. The van der Waals surface area contributed by atoms with Crippen molar-refractivity contribution in [2.45, 2.75) is 6.92 Å². The van der Waals surface area contributed by atoms with Crippen molar-refractivity contribution in [1.82, 2.24) is 29.7 Å². The van der Waals surface area contributed by atoms with E-state index in [4.69, 9.17) is 4.42 Å². The normalized spacial score (nSPS) is 11.0. The highest BCUT2D eigenvalue weighted by molar-refractivity contribution is 5.91. The van der Waals surface area contributed by atoms with Gasteiger partial charge in [0.05, 0.1) is 23.0 Å². The number of nitrogens with zero attached hydrogens (tertiary/aromatic N) is 6. The molecule has 5 rings (SSSR count). The molecule has 0 bridgehead atoms. The summed E-state index contributed by atoms with van der Waals surface area (Å²) >= 11 is 0. The molecule has 0 fully saturated rings. The van der Waals surface area contributed by atoms with Crippen LogP contribution in [-0.4, -0.2) is 29.7 Å². The summed E-state index contributed by atoms with van der Waals surface area (Å²) < 4.78 is 7.17. The SMILES string of the molecule is Cc1ncn(-c2ccc(Nc3ncc4cccc(-c5ncco5)c4n3)cc2)n1. The number of hydrogen-bond acceptors (Lipinski definition) is 7. The number of hydrogen-bond donors (Lipinski definition) is 1. The summed E-state index contributed by atoms with van der Waals surface area (Å²) in [6, 6.07) is 13.6. The van der Waals surface area contributed by atoms with Crippen molar-refractivity contribution in [2.24, 2.45) is 0 Å². The van der Waals surface area contributed by atoms with Crippen molar-refractivity contribution < 1.29 is 4.42 Å². The molecule has 3 aromatic heterocycles. The molecule has 8 heteroatoms. The molecule has 1 N–H and O–H groups in total. The van der Waals surface area contributed by atoms with Crippen LogP contribution in [0.4, 0.5) is 11.6 Å². The minimum atomic E-state index is 0.496. The third-order valence-corrected chi connectivity index (χ3v) is 4.27. The van der Waals surface area contributed by atoms with E-state index in [-0.39, 0.29) is 0 Å². The molecule has 0 radical (unpaired) electrons. The number of aryl methyl sites for hydroxylation is 1. The van der Waals surface area contributed by atoms with Gasteiger partial charge in [-0.2, -0.15) is 5.10 Å². The Morgan fingerprint density at radius 2 is 1.89 bits per heavy atom. The van der Waals surface area contributed by atoms with Crippen LogP contribution < -0.4 is 5.32 Å². The van der Waals surface area contributed by atoms with Gasteiger partial charge in [-0.3, -0.25) is 0 Å². The molecule has 0 spiro atoms. The van der Waals surface area contributed by atoms with Gasteiger partial charge in [0.1, 0.15) is 18.4 Å². The van der Waals surface area contributed by atoms with Crippen molar-refractivity contribution in [3.63, 3.8) is 0 Å². The minimum absolute atomic E-state index is 0.496. The quantitative estimate of drug-likeness (QED) is 0.513. The fraction of sp³-hybridized carbons (Fsp3) is 0.0500. The number of oxazole rings is 1. The third-order valence-electron chi connectivity index (χ3n) is 4.27. The smallest absolute Gasteiger partial charge is 0.228 e. The maximum atomic E-state index is 5.44. The summed E-state index contributed by atoms with van der Waals surface area (Å²) in [6.45, 7) is 1.86. The van der Waals surface area contributed by atoms with Gasteiger partial charge in [-0.1, -0.05) is 12.1 Å². The number of benzene rings is 2. The Morgan fingerprint density at radius 1 is 1.00 bits per heavy atom. The van der Waals surface area contributed by atoms with Gasteiger partial charge < -0.3 is 9.73 Å². The van der Waals surface area contributed by atoms with E-state index in [1.165, 1.54) is 0 Å². The van der Waals surface area contributed by atoms with Crippen LogP contribution >= 0.6 is 0 Å². The van der Waals surface area contributed by atoms with Crippen LogP contribution in [0.25, 0.3) is 28.0 Å². The number of aromatic nitrogens is 6. The second-order valence-electron chi connectivity index (χ2n) is 6.18. The van der Waals surface area contributed by atoms with Crippen LogP contribution in [0.5, 0.6) is 0 Å². The van der Waals surface area contributed by atoms with Gasteiger partial charge >= 0.3 is 0 Å². The summed E-state index contributed by atoms with van der Waals surface area (Å²) in [6.07, 6.45) is 6.64. The standard InChI is InChI=1S/C20H15N7O/c1-13-23-12-27(26-13)16-7-5-15(6-8-16)24-20-22-11-14-3-2-4-17(18(14)25-20)19-21-9-10-28-19/h2-12H,1H3,(H,22,24,25). The number of fused-ring (bicyclic) bond motifs is 1. The zero-order valence-corrected chi connectivity index (χ0v) is 14.9. The van der Waals surface area contributed by atoms with E-state index in [9.17, 15) is 0 Å². The zero-order valence-electron chi connectivity index (χ0n) is 14.9. The second kappa shape index (κ2) is 6.58. The van der Waals surface area contributed by atoms with E-state index in [1.54, 1.807) is 29.7 Å². The van der Waals surface area contributed by atoms with Gasteiger partial charge in [0.25, 0.3) is 0 Å². The fourth-order valence-corrected chi connectivity index (χ4v) is 2.94. The van der Waals surface area contributed by atoms with Crippen LogP contribution in [0.3, 0.4) is 0 Å². The lowest BCUT2D eigenvalue weighted by atomic mass is 10.1. The predicted molar refractivity (Wildman–Crippen MR) is 104 cm³/mol. The summed E-state index contributed by atoms with van der Waals surface area (Å²) in [5.74, 6) is 1.76. The first kappa shape index (κ1) is 16.1. The van der Waals surface area contributed by atoms with E-state index in [2.05, 4.69) is 30.4 Å². The highest BCUT2D eigenvalue weighted by Gasteiger charge is 2.10. The Balaban J connectivity index is 1.46. The molecule has 0 saturated heterocycles. The Labute approximate surface area is 159 Å². The summed E-state index contributed by atoms with van der Waals surface area (Å²) in [5, 5.41) is 8.46. The van der Waals surface area contributed by atoms with Gasteiger partial charge in [0.2, 0.25) is 11.8 Å². The van der Waals surface area contributed by atoms with Crippen LogP contribution in [0, 0.1) is 6.92 Å². The topological polar surface area (TPSA) is 94.6 Å². The minimum Gasteiger partial charge on any atom is -0.444 e. The van der Waals surface area contributed by atoms with Gasteiger partial charge in [-0.05, 0) is 37.3 Å². The van der Waals surface area contributed by atoms with Crippen molar-refractivity contribution in [2.75, 3.05) is 5.32 Å². The molecule has 0 aliphatic heterocycles. The molecule has 0 aliphatic carbocycles. The van der Waals surface area contributed by atoms with Crippen LogP contribution in [0.15, 0.2) is 71.9 Å². The van der Waals surface area contributed by atoms with Gasteiger partial charge in [-0.25, -0.2) is 24.6 Å². The van der Waals surface area contributed by atoms with E-state index in [0.717, 1.165) is 33.7 Å². The number of para-hydroxylation sites is 1. The van der Waals surface area contributed by atoms with E-state index in [0.29, 0.717) is 11.8 Å². The monoisotopic (exact) mass is 369 g/mol. The molecule has 8 nitrogen and oxygen atoms in total. The van der Waals surface area contributed by atoms with Gasteiger partial charge in [0, 0.05) is 17.3 Å². The maximum Gasteiger partial charge on any atom is 0.228 e. The lowest BCUT2D eigenvalue weighted by Crippen LogP contribution is -1.99. The molecule has 0 aliphatic rings. The highest BCUT2D eigenvalue weighted by atomic mass is 16.3. The molecule has 28 heavy (non-hydrogen) atoms. The van der Waals surface area contributed by atoms with E-state index >= 15 is 0 Å². The fourth-order valence-electron chi connectivity index (χ4n) is 2.94. The van der Waals surface area contributed by atoms with E-state index in [1.807, 2.05) is 49.4 Å². The van der Waals surface area contributed by atoms with Crippen LogP contribution in [0.2, 0.25) is 0 Å². The summed E-state index contributed by atoms with van der Waals surface area (Å²) in [5.41, 5.74) is 3.40. The lowest BCUT2D eigenvalue weighted by Gasteiger charge is -2.08. The molecule has 0 saturated carbocycles. The van der Waals surface area contributed by atoms with Crippen LogP contribution in [-0.2, 0) is 0 Å². The Bertz CT molecular complexity index is 1240. The van der Waals surface area contributed by atoms with Crippen molar-refractivity contribution >= 4 is 22.5 Å². The Hall–Kier alpha value is -4.07. The number of anilines is 2. The first-order chi connectivity index (χ1) is 13.8. The molecule has 3 heterocycles. The predicted octanol–water partition coefficient (Wildman–Crippen LogP) is 3.92. The zero-order chi connectivity index (χ0) is 18.9. The molecular weight excluding hydrogens is 354 g/mol. The highest BCUT2D eigenvalue weighted by Crippen LogP contribution is 2.27. The van der Waals surface area contributed by atoms with Crippen molar-refractivity contribution in [1.29, 1.82) is 0 Å². The molecule has 0 amide bonds. The molecule has 5 aromatic rings.